The summed E-state index contributed by atoms with van der Waals surface area (Å²) in [4.78, 5) is 10.2. The number of fused-ring (bicyclic) bond motifs is 3. The summed E-state index contributed by atoms with van der Waals surface area (Å²) in [6, 6.07) is 26.3. The second-order valence-electron chi connectivity index (χ2n) is 8.35. The van der Waals surface area contributed by atoms with Crippen LogP contribution in [0, 0.1) is 0 Å². The van der Waals surface area contributed by atoms with E-state index in [0.29, 0.717) is 10.9 Å². The fourth-order valence-electron chi connectivity index (χ4n) is 4.74. The molecular formula is C29H21ClN2O. The van der Waals surface area contributed by atoms with E-state index in [9.17, 15) is 0 Å². The van der Waals surface area contributed by atoms with Crippen molar-refractivity contribution in [3.05, 3.63) is 137 Å². The topological polar surface area (TPSA) is 34.0 Å². The molecule has 0 amide bonds. The SMILES string of the molecule is C=C1C(c2ccccc2)=NC(c2cccc3c2C2C=CC(Cl)=CC2O3)=NC1c1ccccc1. The number of allylic oxidation sites excluding steroid dienone is 2. The number of rotatable bonds is 3. The van der Waals surface area contributed by atoms with Crippen molar-refractivity contribution in [2.24, 2.45) is 9.98 Å². The number of benzene rings is 3. The van der Waals surface area contributed by atoms with Crippen LogP contribution in [0.15, 0.2) is 124 Å². The van der Waals surface area contributed by atoms with Gasteiger partial charge in [0.1, 0.15) is 17.9 Å². The zero-order valence-electron chi connectivity index (χ0n) is 17.9. The number of nitrogens with zero attached hydrogens (tertiary/aromatic N) is 2. The van der Waals surface area contributed by atoms with E-state index in [1.54, 1.807) is 0 Å². The Hall–Kier alpha value is -3.69. The van der Waals surface area contributed by atoms with Crippen LogP contribution < -0.4 is 4.74 Å². The van der Waals surface area contributed by atoms with E-state index in [2.05, 4.69) is 43.0 Å². The van der Waals surface area contributed by atoms with Gasteiger partial charge in [-0.1, -0.05) is 97.1 Å². The minimum atomic E-state index is -0.209. The predicted octanol–water partition coefficient (Wildman–Crippen LogP) is 6.77. The summed E-state index contributed by atoms with van der Waals surface area (Å²) in [6.07, 6.45) is 5.90. The molecule has 1 aliphatic carbocycles. The highest BCUT2D eigenvalue weighted by atomic mass is 35.5. The molecule has 0 saturated carbocycles. The molecule has 0 radical (unpaired) electrons. The van der Waals surface area contributed by atoms with Crippen molar-refractivity contribution in [1.82, 2.24) is 0 Å². The van der Waals surface area contributed by atoms with Gasteiger partial charge >= 0.3 is 0 Å². The van der Waals surface area contributed by atoms with Crippen LogP contribution in [-0.4, -0.2) is 17.7 Å². The molecule has 2 heterocycles. The summed E-state index contributed by atoms with van der Waals surface area (Å²) in [5.41, 5.74) is 5.98. The monoisotopic (exact) mass is 448 g/mol. The fourth-order valence-corrected chi connectivity index (χ4v) is 4.94. The van der Waals surface area contributed by atoms with Crippen LogP contribution in [0.25, 0.3) is 0 Å². The Balaban J connectivity index is 1.52. The van der Waals surface area contributed by atoms with Gasteiger partial charge < -0.3 is 4.74 Å². The van der Waals surface area contributed by atoms with E-state index in [4.69, 9.17) is 26.3 Å². The second kappa shape index (κ2) is 8.02. The maximum absolute atomic E-state index is 6.24. The lowest BCUT2D eigenvalue weighted by molar-refractivity contribution is 0.268. The van der Waals surface area contributed by atoms with Crippen LogP contribution in [0.4, 0.5) is 0 Å². The Bertz CT molecular complexity index is 1370. The summed E-state index contributed by atoms with van der Waals surface area (Å²) in [7, 11) is 0. The molecule has 3 aromatic carbocycles. The van der Waals surface area contributed by atoms with Crippen LogP contribution >= 0.6 is 11.6 Å². The molecule has 0 bridgehead atoms. The van der Waals surface area contributed by atoms with Crippen LogP contribution in [0.3, 0.4) is 0 Å². The molecule has 4 heteroatoms. The number of halogens is 1. The third-order valence-electron chi connectivity index (χ3n) is 6.31. The Labute approximate surface area is 198 Å². The van der Waals surface area contributed by atoms with Crippen LogP contribution in [-0.2, 0) is 0 Å². The number of amidine groups is 1. The fraction of sp³-hybridized carbons (Fsp3) is 0.103. The highest BCUT2D eigenvalue weighted by molar-refractivity contribution is 6.31. The molecule has 0 aromatic heterocycles. The number of hydrogen-bond donors (Lipinski definition) is 0. The van der Waals surface area contributed by atoms with Gasteiger partial charge in [0.25, 0.3) is 0 Å². The quantitative estimate of drug-likeness (QED) is 0.435. The lowest BCUT2D eigenvalue weighted by Crippen LogP contribution is -2.21. The maximum Gasteiger partial charge on any atom is 0.156 e. The van der Waals surface area contributed by atoms with Crippen LogP contribution in [0.2, 0.25) is 0 Å². The van der Waals surface area contributed by atoms with E-state index >= 15 is 0 Å². The van der Waals surface area contributed by atoms with Gasteiger partial charge in [0.15, 0.2) is 5.84 Å². The van der Waals surface area contributed by atoms with Crippen LogP contribution in [0.1, 0.15) is 34.2 Å². The molecule has 3 nitrogen and oxygen atoms in total. The van der Waals surface area contributed by atoms with E-state index < -0.39 is 0 Å². The van der Waals surface area contributed by atoms with Gasteiger partial charge in [0.2, 0.25) is 0 Å². The third-order valence-corrected chi connectivity index (χ3v) is 6.56. The smallest absolute Gasteiger partial charge is 0.156 e. The van der Waals surface area contributed by atoms with Crippen molar-refractivity contribution in [1.29, 1.82) is 0 Å². The highest BCUT2D eigenvalue weighted by Gasteiger charge is 2.37. The first kappa shape index (κ1) is 20.0. The van der Waals surface area contributed by atoms with Gasteiger partial charge in [-0.15, -0.1) is 0 Å². The zero-order valence-corrected chi connectivity index (χ0v) is 18.6. The first-order valence-electron chi connectivity index (χ1n) is 11.0. The molecule has 33 heavy (non-hydrogen) atoms. The largest absolute Gasteiger partial charge is 0.485 e. The minimum absolute atomic E-state index is 0.0806. The first-order valence-corrected chi connectivity index (χ1v) is 11.4. The zero-order chi connectivity index (χ0) is 22.4. The molecular weight excluding hydrogens is 428 g/mol. The summed E-state index contributed by atoms with van der Waals surface area (Å²) < 4.78 is 6.22. The summed E-state index contributed by atoms with van der Waals surface area (Å²) in [5, 5.41) is 0.699. The average Bonchev–Trinajstić information content (AvgIpc) is 3.23. The van der Waals surface area contributed by atoms with Gasteiger partial charge in [-0.05, 0) is 23.8 Å². The summed E-state index contributed by atoms with van der Waals surface area (Å²) >= 11 is 6.24. The van der Waals surface area contributed by atoms with E-state index in [1.165, 1.54) is 0 Å². The lowest BCUT2D eigenvalue weighted by atomic mass is 9.87. The highest BCUT2D eigenvalue weighted by Crippen LogP contribution is 2.45. The second-order valence-corrected chi connectivity index (χ2v) is 8.79. The van der Waals surface area contributed by atoms with Crippen molar-refractivity contribution in [3.8, 4) is 5.75 Å². The van der Waals surface area contributed by atoms with Crippen molar-refractivity contribution in [2.75, 3.05) is 0 Å². The van der Waals surface area contributed by atoms with Crippen molar-refractivity contribution in [3.63, 3.8) is 0 Å². The number of ether oxygens (including phenoxy) is 1. The molecule has 0 spiro atoms. The standard InChI is InChI=1S/C29H21ClN2O/c1-18-27(19-9-4-2-5-10-19)31-29(32-28(18)20-11-6-3-7-12-20)23-13-8-14-24-26(23)22-16-15-21(30)17-25(22)33-24/h2-17,22,25,27H,1H2. The van der Waals surface area contributed by atoms with Gasteiger partial charge in [-0.25, -0.2) is 4.99 Å². The molecule has 2 aliphatic heterocycles. The van der Waals surface area contributed by atoms with E-state index in [1.807, 2.05) is 60.7 Å². The lowest BCUT2D eigenvalue weighted by Gasteiger charge is -2.25. The summed E-state index contributed by atoms with van der Waals surface area (Å²) in [5.74, 6) is 1.64. The molecule has 3 unspecified atom stereocenters. The Kier molecular flexibility index (Phi) is 4.85. The number of hydrogen-bond acceptors (Lipinski definition) is 3. The van der Waals surface area contributed by atoms with Crippen molar-refractivity contribution in [2.45, 2.75) is 18.1 Å². The molecule has 3 aromatic rings. The molecule has 0 saturated heterocycles. The number of aliphatic imine (C=N–C) groups is 2. The van der Waals surface area contributed by atoms with E-state index in [-0.39, 0.29) is 18.1 Å². The molecule has 6 rings (SSSR count). The van der Waals surface area contributed by atoms with Gasteiger partial charge in [0.05, 0.1) is 5.71 Å². The predicted molar refractivity (Wildman–Crippen MR) is 135 cm³/mol. The van der Waals surface area contributed by atoms with Crippen LogP contribution in [0.5, 0.6) is 5.75 Å². The first-order chi connectivity index (χ1) is 16.2. The Morgan fingerprint density at radius 2 is 1.64 bits per heavy atom. The molecule has 0 fully saturated rings. The third kappa shape index (κ3) is 3.46. The Morgan fingerprint density at radius 3 is 2.42 bits per heavy atom. The minimum Gasteiger partial charge on any atom is -0.485 e. The van der Waals surface area contributed by atoms with Gasteiger partial charge in [0, 0.05) is 33.2 Å². The molecule has 3 atom stereocenters. The van der Waals surface area contributed by atoms with E-state index in [0.717, 1.165) is 39.3 Å². The van der Waals surface area contributed by atoms with Crippen molar-refractivity contribution < 1.29 is 4.74 Å². The molecule has 3 aliphatic rings. The average molecular weight is 449 g/mol. The normalized spacial score (nSPS) is 23.1. The van der Waals surface area contributed by atoms with Gasteiger partial charge in [-0.3, -0.25) is 4.99 Å². The Morgan fingerprint density at radius 1 is 0.879 bits per heavy atom. The molecule has 160 valence electrons. The van der Waals surface area contributed by atoms with Crippen molar-refractivity contribution >= 4 is 23.1 Å². The summed E-state index contributed by atoms with van der Waals surface area (Å²) in [6.45, 7) is 4.41. The molecule has 0 N–H and O–H groups in total. The maximum atomic E-state index is 6.24. The van der Waals surface area contributed by atoms with Gasteiger partial charge in [-0.2, -0.15) is 0 Å².